The van der Waals surface area contributed by atoms with Gasteiger partial charge in [-0.15, -0.1) is 0 Å². The molecular weight excluding hydrogens is 334 g/mol. The van der Waals surface area contributed by atoms with Crippen LogP contribution >= 0.6 is 15.9 Å². The number of rotatable bonds is 4. The molecule has 1 heterocycles. The molecule has 0 radical (unpaired) electrons. The van der Waals surface area contributed by atoms with E-state index < -0.39 is 0 Å². The Labute approximate surface area is 130 Å². The molecule has 2 aromatic rings. The van der Waals surface area contributed by atoms with Crippen molar-refractivity contribution in [1.82, 2.24) is 4.57 Å². The lowest BCUT2D eigenvalue weighted by atomic mass is 10.2. The summed E-state index contributed by atoms with van der Waals surface area (Å²) in [4.78, 5) is 23.6. The molecule has 21 heavy (non-hydrogen) atoms. The summed E-state index contributed by atoms with van der Waals surface area (Å²) in [5.41, 5.74) is 7.80. The fraction of sp³-hybridized carbons (Fsp3) is 0.200. The Morgan fingerprint density at radius 3 is 2.86 bits per heavy atom. The number of carbonyl (C=O) groups is 1. The number of carbonyl (C=O) groups excluding carboxylic acids is 1. The van der Waals surface area contributed by atoms with Crippen LogP contribution in [0.1, 0.15) is 12.0 Å². The van der Waals surface area contributed by atoms with E-state index >= 15 is 0 Å². The van der Waals surface area contributed by atoms with Gasteiger partial charge in [0.25, 0.3) is 5.56 Å². The molecule has 1 amide bonds. The number of benzene rings is 1. The fourth-order valence-corrected chi connectivity index (χ4v) is 2.27. The van der Waals surface area contributed by atoms with Gasteiger partial charge in [-0.25, -0.2) is 0 Å². The first-order valence-corrected chi connectivity index (χ1v) is 7.27. The molecule has 5 nitrogen and oxygen atoms in total. The molecular formula is C15H16BrN3O2. The van der Waals surface area contributed by atoms with Crippen LogP contribution < -0.4 is 16.6 Å². The van der Waals surface area contributed by atoms with Gasteiger partial charge in [-0.1, -0.05) is 6.07 Å². The van der Waals surface area contributed by atoms with Crippen molar-refractivity contribution >= 4 is 33.2 Å². The van der Waals surface area contributed by atoms with Crippen LogP contribution in [-0.4, -0.2) is 10.5 Å². The summed E-state index contributed by atoms with van der Waals surface area (Å²) >= 11 is 3.30. The summed E-state index contributed by atoms with van der Waals surface area (Å²) in [7, 11) is 0. The van der Waals surface area contributed by atoms with Crippen LogP contribution in [0.4, 0.5) is 11.4 Å². The average molecular weight is 350 g/mol. The van der Waals surface area contributed by atoms with Crippen molar-refractivity contribution in [2.45, 2.75) is 19.9 Å². The lowest BCUT2D eigenvalue weighted by Crippen LogP contribution is -2.22. The third kappa shape index (κ3) is 4.19. The monoisotopic (exact) mass is 349 g/mol. The van der Waals surface area contributed by atoms with Crippen molar-refractivity contribution < 1.29 is 4.79 Å². The summed E-state index contributed by atoms with van der Waals surface area (Å²) in [6.07, 6.45) is 1.88. The minimum atomic E-state index is -0.157. The Kier molecular flexibility index (Phi) is 4.80. The Hall–Kier alpha value is -2.08. The van der Waals surface area contributed by atoms with Gasteiger partial charge in [0, 0.05) is 41.1 Å². The first-order chi connectivity index (χ1) is 9.95. The van der Waals surface area contributed by atoms with Crippen molar-refractivity contribution in [2.75, 3.05) is 11.1 Å². The maximum absolute atomic E-state index is 12.0. The molecule has 0 spiro atoms. The first kappa shape index (κ1) is 15.3. The maximum Gasteiger partial charge on any atom is 0.250 e. The van der Waals surface area contributed by atoms with Gasteiger partial charge >= 0.3 is 0 Å². The molecule has 1 aromatic heterocycles. The predicted octanol–water partition coefficient (Wildman–Crippen LogP) is 2.53. The highest BCUT2D eigenvalue weighted by Crippen LogP contribution is 2.18. The molecule has 0 atom stereocenters. The molecule has 0 aliphatic rings. The topological polar surface area (TPSA) is 77.1 Å². The lowest BCUT2D eigenvalue weighted by Gasteiger charge is -2.10. The summed E-state index contributed by atoms with van der Waals surface area (Å²) in [5.74, 6) is -0.157. The van der Waals surface area contributed by atoms with E-state index in [4.69, 9.17) is 5.73 Å². The number of hydrogen-bond acceptors (Lipinski definition) is 3. The van der Waals surface area contributed by atoms with Crippen molar-refractivity contribution in [3.05, 3.63) is 56.9 Å². The van der Waals surface area contributed by atoms with Crippen LogP contribution in [0.3, 0.4) is 0 Å². The normalized spacial score (nSPS) is 10.4. The zero-order valence-electron chi connectivity index (χ0n) is 11.6. The highest BCUT2D eigenvalue weighted by molar-refractivity contribution is 9.10. The molecule has 0 saturated heterocycles. The molecule has 0 saturated carbocycles. The number of hydrogen-bond donors (Lipinski definition) is 2. The van der Waals surface area contributed by atoms with E-state index in [0.29, 0.717) is 17.9 Å². The van der Waals surface area contributed by atoms with E-state index in [0.717, 1.165) is 10.0 Å². The summed E-state index contributed by atoms with van der Waals surface area (Å²) in [6, 6.07) is 8.49. The highest BCUT2D eigenvalue weighted by atomic mass is 79.9. The van der Waals surface area contributed by atoms with Crippen LogP contribution in [0.25, 0.3) is 0 Å². The number of halogens is 1. The highest BCUT2D eigenvalue weighted by Gasteiger charge is 2.06. The van der Waals surface area contributed by atoms with Gasteiger partial charge in [0.2, 0.25) is 5.91 Å². The number of amides is 1. The lowest BCUT2D eigenvalue weighted by molar-refractivity contribution is -0.116. The predicted molar refractivity (Wildman–Crippen MR) is 87.2 cm³/mol. The number of aromatic nitrogens is 1. The number of nitrogens with two attached hydrogens (primary N) is 1. The Morgan fingerprint density at radius 2 is 2.10 bits per heavy atom. The second-order valence-electron chi connectivity index (χ2n) is 4.75. The molecule has 0 fully saturated rings. The molecule has 1 aromatic carbocycles. The third-order valence-electron chi connectivity index (χ3n) is 3.06. The summed E-state index contributed by atoms with van der Waals surface area (Å²) in [5, 5.41) is 2.81. The first-order valence-electron chi connectivity index (χ1n) is 6.47. The average Bonchev–Trinajstić information content (AvgIpc) is 2.44. The second kappa shape index (κ2) is 6.58. The molecule has 0 bridgehead atoms. The fourth-order valence-electron chi connectivity index (χ4n) is 1.89. The minimum absolute atomic E-state index is 0.133. The van der Waals surface area contributed by atoms with E-state index in [2.05, 4.69) is 21.2 Å². The van der Waals surface area contributed by atoms with E-state index in [9.17, 15) is 9.59 Å². The van der Waals surface area contributed by atoms with Gasteiger partial charge in [-0.05, 0) is 46.6 Å². The van der Waals surface area contributed by atoms with E-state index in [1.165, 1.54) is 10.6 Å². The van der Waals surface area contributed by atoms with Crippen molar-refractivity contribution in [1.29, 1.82) is 0 Å². The number of aryl methyl sites for hydroxylation is 2. The third-order valence-corrected chi connectivity index (χ3v) is 3.53. The smallest absolute Gasteiger partial charge is 0.250 e. The molecule has 0 aliphatic carbocycles. The zero-order chi connectivity index (χ0) is 15.4. The SMILES string of the molecule is Cc1ccc(N)cc1NC(=O)CCn1cc(Br)ccc1=O. The minimum Gasteiger partial charge on any atom is -0.399 e. The van der Waals surface area contributed by atoms with Crippen LogP contribution in [0.5, 0.6) is 0 Å². The Morgan fingerprint density at radius 1 is 1.33 bits per heavy atom. The van der Waals surface area contributed by atoms with Crippen molar-refractivity contribution in [3.63, 3.8) is 0 Å². The van der Waals surface area contributed by atoms with Crippen molar-refractivity contribution in [2.24, 2.45) is 0 Å². The van der Waals surface area contributed by atoms with E-state index in [-0.39, 0.29) is 17.9 Å². The second-order valence-corrected chi connectivity index (χ2v) is 5.67. The summed E-state index contributed by atoms with van der Waals surface area (Å²) in [6.45, 7) is 2.22. The molecule has 110 valence electrons. The number of nitrogens with one attached hydrogen (secondary N) is 1. The van der Waals surface area contributed by atoms with Gasteiger partial charge in [-0.2, -0.15) is 0 Å². The van der Waals surface area contributed by atoms with Crippen LogP contribution in [0.15, 0.2) is 45.8 Å². The quantitative estimate of drug-likeness (QED) is 0.832. The molecule has 2 rings (SSSR count). The molecule has 6 heteroatoms. The van der Waals surface area contributed by atoms with Crippen LogP contribution in [-0.2, 0) is 11.3 Å². The van der Waals surface area contributed by atoms with Gasteiger partial charge in [-0.3, -0.25) is 9.59 Å². The molecule has 0 unspecified atom stereocenters. The zero-order valence-corrected chi connectivity index (χ0v) is 13.2. The van der Waals surface area contributed by atoms with Gasteiger partial charge in [0.05, 0.1) is 0 Å². The number of pyridine rings is 1. The number of nitrogens with zero attached hydrogens (tertiary/aromatic N) is 1. The van der Waals surface area contributed by atoms with Crippen molar-refractivity contribution in [3.8, 4) is 0 Å². The van der Waals surface area contributed by atoms with E-state index in [1.54, 1.807) is 24.4 Å². The van der Waals surface area contributed by atoms with E-state index in [1.807, 2.05) is 13.0 Å². The largest absolute Gasteiger partial charge is 0.399 e. The summed E-state index contributed by atoms with van der Waals surface area (Å²) < 4.78 is 2.30. The molecule has 3 N–H and O–H groups in total. The van der Waals surface area contributed by atoms with Gasteiger partial charge < -0.3 is 15.6 Å². The van der Waals surface area contributed by atoms with Crippen LogP contribution in [0, 0.1) is 6.92 Å². The number of anilines is 2. The standard InChI is InChI=1S/C15H16BrN3O2/c1-10-2-4-12(17)8-13(10)18-14(20)6-7-19-9-11(16)3-5-15(19)21/h2-5,8-9H,6-7,17H2,1H3,(H,18,20). The number of nitrogen functional groups attached to an aromatic ring is 1. The van der Waals surface area contributed by atoms with Crippen LogP contribution in [0.2, 0.25) is 0 Å². The van der Waals surface area contributed by atoms with Gasteiger partial charge in [0.15, 0.2) is 0 Å². The maximum atomic E-state index is 12.0. The Bertz CT molecular complexity index is 725. The van der Waals surface area contributed by atoms with Gasteiger partial charge in [0.1, 0.15) is 0 Å². The molecule has 0 aliphatic heterocycles. The Balaban J connectivity index is 2.01.